The second kappa shape index (κ2) is 7.42. The molecule has 0 aliphatic rings. The van der Waals surface area contributed by atoms with Crippen molar-refractivity contribution in [2.45, 2.75) is 32.7 Å². The highest BCUT2D eigenvalue weighted by Gasteiger charge is 2.14. The first kappa shape index (κ1) is 18.9. The maximum Gasteiger partial charge on any atom is 0.269 e. The highest BCUT2D eigenvalue weighted by Crippen LogP contribution is 2.24. The maximum atomic E-state index is 12.8. The van der Waals surface area contributed by atoms with E-state index >= 15 is 0 Å². The summed E-state index contributed by atoms with van der Waals surface area (Å²) in [6.45, 7) is 6.90. The summed E-state index contributed by atoms with van der Waals surface area (Å²) in [5.74, 6) is 0. The first-order valence-corrected chi connectivity index (χ1v) is 9.17. The summed E-state index contributed by atoms with van der Waals surface area (Å²) >= 11 is 5.99. The minimum atomic E-state index is -0.287. The number of pyridine rings is 1. The van der Waals surface area contributed by atoms with Crippen molar-refractivity contribution in [1.29, 1.82) is 5.26 Å². The Balaban J connectivity index is 2.07. The molecule has 0 unspecified atom stereocenters. The van der Waals surface area contributed by atoms with Gasteiger partial charge in [-0.15, -0.1) is 0 Å². The molecule has 0 fully saturated rings. The highest BCUT2D eigenvalue weighted by atomic mass is 35.5. The van der Waals surface area contributed by atoms with Crippen LogP contribution in [-0.2, 0) is 12.0 Å². The van der Waals surface area contributed by atoms with Gasteiger partial charge in [-0.2, -0.15) is 5.26 Å². The minimum Gasteiger partial charge on any atom is -0.303 e. The third-order valence-electron chi connectivity index (χ3n) is 4.60. The van der Waals surface area contributed by atoms with Crippen LogP contribution in [-0.4, -0.2) is 4.57 Å². The van der Waals surface area contributed by atoms with Gasteiger partial charge >= 0.3 is 0 Å². The molecular weight excluding hydrogens is 356 g/mol. The molecule has 0 aliphatic carbocycles. The Bertz CT molecular complexity index is 1050. The Kier molecular flexibility index (Phi) is 5.21. The van der Waals surface area contributed by atoms with Crippen LogP contribution in [0.2, 0.25) is 5.02 Å². The third kappa shape index (κ3) is 4.13. The van der Waals surface area contributed by atoms with Crippen LogP contribution in [0.4, 0.5) is 0 Å². The average Bonchev–Trinajstić information content (AvgIpc) is 2.64. The molecule has 3 aromatic rings. The van der Waals surface area contributed by atoms with E-state index in [0.717, 1.165) is 16.8 Å². The molecule has 27 heavy (non-hydrogen) atoms. The highest BCUT2D eigenvalue weighted by molar-refractivity contribution is 6.30. The molecule has 0 aliphatic heterocycles. The van der Waals surface area contributed by atoms with Crippen molar-refractivity contribution in [3.8, 4) is 17.3 Å². The number of aromatic nitrogens is 1. The maximum absolute atomic E-state index is 12.8. The summed E-state index contributed by atoms with van der Waals surface area (Å²) in [4.78, 5) is 12.8. The van der Waals surface area contributed by atoms with E-state index in [4.69, 9.17) is 11.6 Å². The zero-order valence-electron chi connectivity index (χ0n) is 15.7. The van der Waals surface area contributed by atoms with E-state index in [1.54, 1.807) is 22.8 Å². The SMILES string of the molecule is CC(C)(C)c1ccc(Cn2c(-c3ccc(Cl)cc3)ccc(C#N)c2=O)cc1. The third-order valence-corrected chi connectivity index (χ3v) is 4.85. The Morgan fingerprint density at radius 1 is 0.963 bits per heavy atom. The van der Waals surface area contributed by atoms with Gasteiger partial charge in [0.15, 0.2) is 0 Å². The van der Waals surface area contributed by atoms with E-state index in [1.807, 2.05) is 36.4 Å². The molecule has 0 bridgehead atoms. The molecule has 136 valence electrons. The number of nitrogens with zero attached hydrogens (tertiary/aromatic N) is 2. The largest absolute Gasteiger partial charge is 0.303 e. The van der Waals surface area contributed by atoms with Crippen LogP contribution in [0.25, 0.3) is 11.3 Å². The van der Waals surface area contributed by atoms with Crippen molar-refractivity contribution in [2.75, 3.05) is 0 Å². The summed E-state index contributed by atoms with van der Waals surface area (Å²) < 4.78 is 1.65. The van der Waals surface area contributed by atoms with E-state index in [0.29, 0.717) is 11.6 Å². The monoisotopic (exact) mass is 376 g/mol. The number of benzene rings is 2. The quantitative estimate of drug-likeness (QED) is 0.615. The molecule has 3 nitrogen and oxygen atoms in total. The molecule has 4 heteroatoms. The van der Waals surface area contributed by atoms with Gasteiger partial charge in [-0.05, 0) is 46.4 Å². The lowest BCUT2D eigenvalue weighted by molar-refractivity contribution is 0.589. The van der Waals surface area contributed by atoms with Crippen LogP contribution < -0.4 is 5.56 Å². The molecule has 2 aromatic carbocycles. The fourth-order valence-electron chi connectivity index (χ4n) is 2.99. The molecule has 3 rings (SSSR count). The van der Waals surface area contributed by atoms with Gasteiger partial charge in [0.25, 0.3) is 5.56 Å². The lowest BCUT2D eigenvalue weighted by Gasteiger charge is -2.19. The number of halogens is 1. The second-order valence-electron chi connectivity index (χ2n) is 7.59. The fraction of sp³-hybridized carbons (Fsp3) is 0.217. The van der Waals surface area contributed by atoms with E-state index in [2.05, 4.69) is 32.9 Å². The van der Waals surface area contributed by atoms with Gasteiger partial charge in [0.2, 0.25) is 0 Å². The van der Waals surface area contributed by atoms with Crippen LogP contribution in [0.15, 0.2) is 65.5 Å². The van der Waals surface area contributed by atoms with E-state index in [-0.39, 0.29) is 16.5 Å². The predicted molar refractivity (Wildman–Crippen MR) is 110 cm³/mol. The molecule has 0 atom stereocenters. The lowest BCUT2D eigenvalue weighted by Crippen LogP contribution is -2.24. The van der Waals surface area contributed by atoms with Crippen LogP contribution >= 0.6 is 11.6 Å². The van der Waals surface area contributed by atoms with Gasteiger partial charge in [-0.25, -0.2) is 0 Å². The Morgan fingerprint density at radius 3 is 2.15 bits per heavy atom. The molecule has 0 saturated carbocycles. The van der Waals surface area contributed by atoms with E-state index in [1.165, 1.54) is 5.56 Å². The normalized spacial score (nSPS) is 11.2. The van der Waals surface area contributed by atoms with Crippen molar-refractivity contribution >= 4 is 11.6 Å². The van der Waals surface area contributed by atoms with Crippen LogP contribution in [0.5, 0.6) is 0 Å². The standard InChI is InChI=1S/C23H21ClN2O/c1-23(2,3)19-9-4-16(5-10-19)15-26-21(13-8-18(14-25)22(26)27)17-6-11-20(24)12-7-17/h4-13H,15H2,1-3H3. The van der Waals surface area contributed by atoms with Gasteiger partial charge in [-0.1, -0.05) is 68.8 Å². The van der Waals surface area contributed by atoms with Crippen LogP contribution in [0.1, 0.15) is 37.5 Å². The minimum absolute atomic E-state index is 0.0740. The van der Waals surface area contributed by atoms with Crippen LogP contribution in [0, 0.1) is 11.3 Å². The molecular formula is C23H21ClN2O. The Labute approximate surface area is 164 Å². The number of nitriles is 1. The smallest absolute Gasteiger partial charge is 0.269 e. The molecule has 0 radical (unpaired) electrons. The summed E-state index contributed by atoms with van der Waals surface area (Å²) in [5, 5.41) is 9.89. The summed E-state index contributed by atoms with van der Waals surface area (Å²) in [6.07, 6.45) is 0. The van der Waals surface area contributed by atoms with Gasteiger partial charge in [0, 0.05) is 5.02 Å². The molecule has 0 N–H and O–H groups in total. The van der Waals surface area contributed by atoms with Gasteiger partial charge in [-0.3, -0.25) is 4.79 Å². The summed E-state index contributed by atoms with van der Waals surface area (Å²) in [5.41, 5.74) is 3.81. The zero-order chi connectivity index (χ0) is 19.6. The average molecular weight is 377 g/mol. The van der Waals surface area contributed by atoms with Crippen molar-refractivity contribution in [3.05, 3.63) is 92.7 Å². The van der Waals surface area contributed by atoms with Gasteiger partial charge < -0.3 is 4.57 Å². The Morgan fingerprint density at radius 2 is 1.59 bits per heavy atom. The van der Waals surface area contributed by atoms with Crippen molar-refractivity contribution in [2.24, 2.45) is 0 Å². The van der Waals surface area contributed by atoms with Crippen molar-refractivity contribution in [3.63, 3.8) is 0 Å². The van der Waals surface area contributed by atoms with Gasteiger partial charge in [0.1, 0.15) is 11.6 Å². The zero-order valence-corrected chi connectivity index (χ0v) is 16.4. The molecule has 1 heterocycles. The Hall–Kier alpha value is -2.83. The molecule has 1 aromatic heterocycles. The topological polar surface area (TPSA) is 45.8 Å². The first-order valence-electron chi connectivity index (χ1n) is 8.79. The second-order valence-corrected chi connectivity index (χ2v) is 8.03. The first-order chi connectivity index (χ1) is 12.8. The van der Waals surface area contributed by atoms with Crippen molar-refractivity contribution in [1.82, 2.24) is 4.57 Å². The number of hydrogen-bond donors (Lipinski definition) is 0. The fourth-order valence-corrected chi connectivity index (χ4v) is 3.11. The summed E-state index contributed by atoms with van der Waals surface area (Å²) in [7, 11) is 0. The van der Waals surface area contributed by atoms with Crippen molar-refractivity contribution < 1.29 is 0 Å². The van der Waals surface area contributed by atoms with E-state index in [9.17, 15) is 10.1 Å². The predicted octanol–water partition coefficient (Wildman–Crippen LogP) is 5.39. The number of rotatable bonds is 3. The van der Waals surface area contributed by atoms with Gasteiger partial charge in [0.05, 0.1) is 12.2 Å². The lowest BCUT2D eigenvalue weighted by atomic mass is 9.87. The molecule has 0 amide bonds. The molecule has 0 spiro atoms. The summed E-state index contributed by atoms with van der Waals surface area (Å²) in [6, 6.07) is 21.0. The van der Waals surface area contributed by atoms with E-state index < -0.39 is 0 Å². The molecule has 0 saturated heterocycles. The number of hydrogen-bond acceptors (Lipinski definition) is 2. The van der Waals surface area contributed by atoms with Crippen LogP contribution in [0.3, 0.4) is 0 Å².